The van der Waals surface area contributed by atoms with Gasteiger partial charge in [-0.25, -0.2) is 0 Å². The third-order valence-electron chi connectivity index (χ3n) is 4.12. The van der Waals surface area contributed by atoms with Gasteiger partial charge in [0, 0.05) is 25.0 Å². The Kier molecular flexibility index (Phi) is 4.13. The van der Waals surface area contributed by atoms with E-state index >= 15 is 0 Å². The Balaban J connectivity index is 1.55. The largest absolute Gasteiger partial charge is 0.424 e. The van der Waals surface area contributed by atoms with E-state index in [1.165, 1.54) is 32.1 Å². The first-order chi connectivity index (χ1) is 9.35. The van der Waals surface area contributed by atoms with Crippen LogP contribution in [0.1, 0.15) is 50.8 Å². The summed E-state index contributed by atoms with van der Waals surface area (Å²) in [5.74, 6) is 1.52. The van der Waals surface area contributed by atoms with Crippen molar-refractivity contribution in [1.82, 2.24) is 20.4 Å². The highest BCUT2D eigenvalue weighted by Gasteiger charge is 2.27. The quantitative estimate of drug-likeness (QED) is 0.848. The van der Waals surface area contributed by atoms with Gasteiger partial charge in [-0.1, -0.05) is 13.3 Å². The number of piperidine rings is 1. The van der Waals surface area contributed by atoms with Gasteiger partial charge in [0.15, 0.2) is 0 Å². The van der Waals surface area contributed by atoms with Gasteiger partial charge in [0.25, 0.3) is 0 Å². The van der Waals surface area contributed by atoms with Crippen LogP contribution in [0.15, 0.2) is 4.42 Å². The second kappa shape index (κ2) is 6.01. The van der Waals surface area contributed by atoms with Gasteiger partial charge in [0.1, 0.15) is 0 Å². The van der Waals surface area contributed by atoms with Gasteiger partial charge in [-0.05, 0) is 32.2 Å². The average molecular weight is 264 g/mol. The molecule has 1 saturated heterocycles. The van der Waals surface area contributed by atoms with Crippen molar-refractivity contribution in [2.75, 3.05) is 13.1 Å². The Morgan fingerprint density at radius 1 is 1.21 bits per heavy atom. The summed E-state index contributed by atoms with van der Waals surface area (Å²) < 4.78 is 5.64. The van der Waals surface area contributed by atoms with E-state index in [1.807, 2.05) is 6.92 Å². The second-order valence-corrected chi connectivity index (χ2v) is 5.75. The van der Waals surface area contributed by atoms with Crippen LogP contribution in [0.25, 0.3) is 0 Å². The first kappa shape index (κ1) is 13.1. The predicted octanol–water partition coefficient (Wildman–Crippen LogP) is 1.74. The lowest BCUT2D eigenvalue weighted by molar-refractivity contribution is 0.124. The highest BCUT2D eigenvalue weighted by atomic mass is 16.4. The minimum absolute atomic E-state index is 0.631. The molecule has 2 heterocycles. The molecule has 5 heteroatoms. The van der Waals surface area contributed by atoms with Crippen LogP contribution in [-0.2, 0) is 13.0 Å². The van der Waals surface area contributed by atoms with Gasteiger partial charge >= 0.3 is 0 Å². The van der Waals surface area contributed by atoms with Crippen LogP contribution < -0.4 is 5.32 Å². The number of aryl methyl sites for hydroxylation is 1. The molecule has 106 valence electrons. The zero-order valence-corrected chi connectivity index (χ0v) is 11.8. The smallest absolute Gasteiger partial charge is 0.230 e. The van der Waals surface area contributed by atoms with E-state index in [0.717, 1.165) is 43.9 Å². The Morgan fingerprint density at radius 2 is 2.05 bits per heavy atom. The summed E-state index contributed by atoms with van der Waals surface area (Å²) in [4.78, 5) is 2.51. The van der Waals surface area contributed by atoms with Crippen LogP contribution >= 0.6 is 0 Å². The third kappa shape index (κ3) is 3.54. The van der Waals surface area contributed by atoms with E-state index in [2.05, 4.69) is 20.4 Å². The maximum absolute atomic E-state index is 5.64. The molecule has 0 radical (unpaired) electrons. The molecule has 1 aliphatic carbocycles. The van der Waals surface area contributed by atoms with Gasteiger partial charge in [-0.2, -0.15) is 0 Å². The molecule has 1 atom stereocenters. The van der Waals surface area contributed by atoms with Crippen LogP contribution in [0.5, 0.6) is 0 Å². The Bertz CT molecular complexity index is 402. The normalized spacial score (nSPS) is 24.8. The minimum Gasteiger partial charge on any atom is -0.424 e. The fraction of sp³-hybridized carbons (Fsp3) is 0.857. The Morgan fingerprint density at radius 3 is 2.79 bits per heavy atom. The molecular weight excluding hydrogens is 240 g/mol. The van der Waals surface area contributed by atoms with Crippen LogP contribution in [0, 0.1) is 0 Å². The summed E-state index contributed by atoms with van der Waals surface area (Å²) in [5.41, 5.74) is 0. The molecule has 19 heavy (non-hydrogen) atoms. The number of hydrogen-bond donors (Lipinski definition) is 1. The van der Waals surface area contributed by atoms with Crippen LogP contribution in [0.3, 0.4) is 0 Å². The molecule has 1 saturated carbocycles. The third-order valence-corrected chi connectivity index (χ3v) is 4.12. The molecule has 5 nitrogen and oxygen atoms in total. The van der Waals surface area contributed by atoms with Gasteiger partial charge < -0.3 is 9.73 Å². The van der Waals surface area contributed by atoms with Crippen molar-refractivity contribution >= 4 is 0 Å². The highest BCUT2D eigenvalue weighted by molar-refractivity contribution is 4.88. The predicted molar refractivity (Wildman–Crippen MR) is 72.7 cm³/mol. The van der Waals surface area contributed by atoms with Gasteiger partial charge in [-0.3, -0.25) is 4.90 Å². The van der Waals surface area contributed by atoms with Gasteiger partial charge in [-0.15, -0.1) is 10.2 Å². The van der Waals surface area contributed by atoms with Crippen molar-refractivity contribution < 1.29 is 4.42 Å². The second-order valence-electron chi connectivity index (χ2n) is 5.75. The number of nitrogens with one attached hydrogen (secondary N) is 1. The molecule has 0 bridgehead atoms. The molecule has 1 aromatic heterocycles. The van der Waals surface area contributed by atoms with Crippen LogP contribution in [-0.4, -0.2) is 40.3 Å². The van der Waals surface area contributed by atoms with Crippen molar-refractivity contribution in [2.24, 2.45) is 0 Å². The lowest BCUT2D eigenvalue weighted by Gasteiger charge is -2.34. The fourth-order valence-electron chi connectivity index (χ4n) is 2.76. The minimum atomic E-state index is 0.631. The summed E-state index contributed by atoms with van der Waals surface area (Å²) in [5, 5.41) is 11.8. The first-order valence-corrected chi connectivity index (χ1v) is 7.64. The number of likely N-dealkylation sites (tertiary alicyclic amines) is 1. The molecule has 2 fully saturated rings. The summed E-state index contributed by atoms with van der Waals surface area (Å²) >= 11 is 0. The Hall–Kier alpha value is -0.940. The SMILES string of the molecule is CCc1nnc(CN2CCCCC2CNC2CC2)o1. The summed E-state index contributed by atoms with van der Waals surface area (Å²) in [7, 11) is 0. The van der Waals surface area contributed by atoms with Crippen LogP contribution in [0.4, 0.5) is 0 Å². The zero-order valence-electron chi connectivity index (χ0n) is 11.8. The summed E-state index contributed by atoms with van der Waals surface area (Å²) in [6.45, 7) is 5.12. The fourth-order valence-corrected chi connectivity index (χ4v) is 2.76. The molecule has 3 rings (SSSR count). The van der Waals surface area contributed by atoms with Crippen molar-refractivity contribution in [1.29, 1.82) is 0 Å². The van der Waals surface area contributed by atoms with E-state index in [1.54, 1.807) is 0 Å². The van der Waals surface area contributed by atoms with E-state index in [9.17, 15) is 0 Å². The number of nitrogens with zero attached hydrogens (tertiary/aromatic N) is 3. The molecule has 1 aromatic rings. The molecule has 0 aromatic carbocycles. The molecule has 2 aliphatic rings. The van der Waals surface area contributed by atoms with Crippen molar-refractivity contribution in [2.45, 2.75) is 64.1 Å². The average Bonchev–Trinajstić information content (AvgIpc) is 3.16. The van der Waals surface area contributed by atoms with E-state index in [4.69, 9.17) is 4.42 Å². The molecule has 1 aliphatic heterocycles. The monoisotopic (exact) mass is 264 g/mol. The summed E-state index contributed by atoms with van der Waals surface area (Å²) in [6.07, 6.45) is 7.45. The van der Waals surface area contributed by atoms with Crippen LogP contribution in [0.2, 0.25) is 0 Å². The van der Waals surface area contributed by atoms with Crippen molar-refractivity contribution in [3.8, 4) is 0 Å². The number of rotatable bonds is 6. The molecule has 1 unspecified atom stereocenters. The zero-order chi connectivity index (χ0) is 13.1. The lowest BCUT2D eigenvalue weighted by Crippen LogP contribution is -2.45. The topological polar surface area (TPSA) is 54.2 Å². The lowest BCUT2D eigenvalue weighted by atomic mass is 10.0. The van der Waals surface area contributed by atoms with E-state index in [-0.39, 0.29) is 0 Å². The van der Waals surface area contributed by atoms with Crippen molar-refractivity contribution in [3.63, 3.8) is 0 Å². The molecule has 0 amide bonds. The molecular formula is C14H24N4O. The van der Waals surface area contributed by atoms with E-state index in [0.29, 0.717) is 6.04 Å². The maximum atomic E-state index is 5.64. The van der Waals surface area contributed by atoms with Gasteiger partial charge in [0.2, 0.25) is 11.8 Å². The molecule has 1 N–H and O–H groups in total. The highest BCUT2D eigenvalue weighted by Crippen LogP contribution is 2.22. The van der Waals surface area contributed by atoms with Gasteiger partial charge in [0.05, 0.1) is 6.54 Å². The maximum Gasteiger partial charge on any atom is 0.230 e. The first-order valence-electron chi connectivity index (χ1n) is 7.64. The number of hydrogen-bond acceptors (Lipinski definition) is 5. The number of aromatic nitrogens is 2. The standard InChI is InChI=1S/C14H24N4O/c1-2-13-16-17-14(19-13)10-18-8-4-3-5-12(18)9-15-11-6-7-11/h11-12,15H,2-10H2,1H3. The van der Waals surface area contributed by atoms with E-state index < -0.39 is 0 Å². The van der Waals surface area contributed by atoms with Crippen molar-refractivity contribution in [3.05, 3.63) is 11.8 Å². The summed E-state index contributed by atoms with van der Waals surface area (Å²) in [6, 6.07) is 1.42. The molecule has 0 spiro atoms. The Labute approximate surface area is 114 Å².